The predicted molar refractivity (Wildman–Crippen MR) is 157 cm³/mol. The van der Waals surface area contributed by atoms with Crippen LogP contribution in [0.25, 0.3) is 0 Å². The van der Waals surface area contributed by atoms with E-state index in [1.165, 1.54) is 0 Å². The molecule has 0 atom stereocenters. The fourth-order valence-corrected chi connectivity index (χ4v) is 4.22. The lowest BCUT2D eigenvalue weighted by atomic mass is 10.1. The SMILES string of the molecule is COc1cccc(CN(Cc2cccc(OC)c2)c2cccc(OCCOCCOc3cccc(OC)c3)c2)c1. The van der Waals surface area contributed by atoms with E-state index in [4.69, 9.17) is 28.4 Å². The maximum absolute atomic E-state index is 6.02. The number of hydrogen-bond acceptors (Lipinski definition) is 7. The van der Waals surface area contributed by atoms with Crippen LogP contribution in [0.2, 0.25) is 0 Å². The number of benzene rings is 4. The number of ether oxygens (including phenoxy) is 6. The van der Waals surface area contributed by atoms with Gasteiger partial charge in [-0.15, -0.1) is 0 Å². The first kappa shape index (κ1) is 28.6. The van der Waals surface area contributed by atoms with Crippen LogP contribution in [-0.4, -0.2) is 47.8 Å². The summed E-state index contributed by atoms with van der Waals surface area (Å²) in [5.74, 6) is 3.98. The Bertz CT molecular complexity index is 1280. The summed E-state index contributed by atoms with van der Waals surface area (Å²) < 4.78 is 33.5. The molecule has 7 nitrogen and oxygen atoms in total. The Kier molecular flexibility index (Phi) is 10.9. The monoisotopic (exact) mass is 543 g/mol. The second-order valence-corrected chi connectivity index (χ2v) is 9.04. The molecule has 40 heavy (non-hydrogen) atoms. The second-order valence-electron chi connectivity index (χ2n) is 9.04. The van der Waals surface area contributed by atoms with Gasteiger partial charge < -0.3 is 33.3 Å². The maximum Gasteiger partial charge on any atom is 0.123 e. The molecule has 0 aliphatic rings. The lowest BCUT2D eigenvalue weighted by Crippen LogP contribution is -2.22. The molecule has 0 aliphatic heterocycles. The minimum atomic E-state index is 0.439. The molecule has 0 bridgehead atoms. The summed E-state index contributed by atoms with van der Waals surface area (Å²) in [6, 6.07) is 31.9. The number of hydrogen-bond donors (Lipinski definition) is 0. The van der Waals surface area contributed by atoms with Crippen molar-refractivity contribution in [3.05, 3.63) is 108 Å². The van der Waals surface area contributed by atoms with Gasteiger partial charge in [-0.05, 0) is 59.7 Å². The zero-order chi connectivity index (χ0) is 28.0. The summed E-state index contributed by atoms with van der Waals surface area (Å²) in [7, 11) is 5.01. The molecule has 0 amide bonds. The van der Waals surface area contributed by atoms with Crippen LogP contribution >= 0.6 is 0 Å². The first-order chi connectivity index (χ1) is 19.7. The van der Waals surface area contributed by atoms with E-state index >= 15 is 0 Å². The number of nitrogens with zero attached hydrogens (tertiary/aromatic N) is 1. The van der Waals surface area contributed by atoms with E-state index in [1.807, 2.05) is 60.7 Å². The van der Waals surface area contributed by atoms with Crippen molar-refractivity contribution in [3.8, 4) is 28.7 Å². The summed E-state index contributed by atoms with van der Waals surface area (Å²) in [5, 5.41) is 0. The molecule has 0 saturated heterocycles. The van der Waals surface area contributed by atoms with Gasteiger partial charge in [-0.1, -0.05) is 36.4 Å². The van der Waals surface area contributed by atoms with Crippen LogP contribution in [0.15, 0.2) is 97.1 Å². The van der Waals surface area contributed by atoms with Gasteiger partial charge in [0, 0.05) is 30.9 Å². The first-order valence-corrected chi connectivity index (χ1v) is 13.2. The molecule has 0 saturated carbocycles. The minimum Gasteiger partial charge on any atom is -0.497 e. The van der Waals surface area contributed by atoms with E-state index in [9.17, 15) is 0 Å². The Morgan fingerprint density at radius 2 is 0.925 bits per heavy atom. The fourth-order valence-electron chi connectivity index (χ4n) is 4.22. The van der Waals surface area contributed by atoms with E-state index in [0.717, 1.165) is 45.6 Å². The summed E-state index contributed by atoms with van der Waals surface area (Å²) in [6.07, 6.45) is 0. The quantitative estimate of drug-likeness (QED) is 0.152. The van der Waals surface area contributed by atoms with Gasteiger partial charge in [0.1, 0.15) is 42.0 Å². The van der Waals surface area contributed by atoms with Crippen molar-refractivity contribution in [1.82, 2.24) is 0 Å². The topological polar surface area (TPSA) is 58.6 Å². The smallest absolute Gasteiger partial charge is 0.123 e. The highest BCUT2D eigenvalue weighted by molar-refractivity contribution is 5.52. The molecule has 210 valence electrons. The number of anilines is 1. The number of methoxy groups -OCH3 is 3. The third-order valence-electron chi connectivity index (χ3n) is 6.23. The molecule has 4 aromatic carbocycles. The van der Waals surface area contributed by atoms with Crippen LogP contribution in [0.5, 0.6) is 28.7 Å². The van der Waals surface area contributed by atoms with Crippen molar-refractivity contribution >= 4 is 5.69 Å². The average molecular weight is 544 g/mol. The van der Waals surface area contributed by atoms with Crippen molar-refractivity contribution in [2.24, 2.45) is 0 Å². The van der Waals surface area contributed by atoms with Crippen LogP contribution in [0, 0.1) is 0 Å². The highest BCUT2D eigenvalue weighted by atomic mass is 16.5. The number of rotatable bonds is 16. The normalized spacial score (nSPS) is 10.6. The van der Waals surface area contributed by atoms with Gasteiger partial charge in [0.25, 0.3) is 0 Å². The molecule has 0 aliphatic carbocycles. The van der Waals surface area contributed by atoms with Crippen LogP contribution in [-0.2, 0) is 17.8 Å². The first-order valence-electron chi connectivity index (χ1n) is 13.2. The molecule has 7 heteroatoms. The molecule has 0 fully saturated rings. The van der Waals surface area contributed by atoms with Gasteiger partial charge in [0.15, 0.2) is 0 Å². The van der Waals surface area contributed by atoms with E-state index in [-0.39, 0.29) is 0 Å². The Labute approximate surface area is 236 Å². The van der Waals surface area contributed by atoms with E-state index in [0.29, 0.717) is 39.5 Å². The van der Waals surface area contributed by atoms with Gasteiger partial charge in [-0.25, -0.2) is 0 Å². The van der Waals surface area contributed by atoms with Crippen LogP contribution < -0.4 is 28.6 Å². The maximum atomic E-state index is 6.02. The van der Waals surface area contributed by atoms with Crippen molar-refractivity contribution in [1.29, 1.82) is 0 Å². The molecule has 4 aromatic rings. The van der Waals surface area contributed by atoms with Crippen molar-refractivity contribution in [2.75, 3.05) is 52.7 Å². The van der Waals surface area contributed by atoms with Crippen LogP contribution in [0.4, 0.5) is 5.69 Å². The zero-order valence-corrected chi connectivity index (χ0v) is 23.4. The summed E-state index contributed by atoms with van der Waals surface area (Å²) in [5.41, 5.74) is 3.35. The molecule has 0 N–H and O–H groups in total. The standard InChI is InChI=1S/C33H37NO6/c1-35-29-11-4-8-26(20-29)24-34(25-27-9-5-12-30(21-27)36-2)28-10-6-14-32(22-28)39-18-16-38-17-19-40-33-15-7-13-31(23-33)37-3/h4-15,20-23H,16-19,24-25H2,1-3H3. The Morgan fingerprint density at radius 3 is 1.48 bits per heavy atom. The van der Waals surface area contributed by atoms with Crippen molar-refractivity contribution in [3.63, 3.8) is 0 Å². The average Bonchev–Trinajstić information content (AvgIpc) is 3.00. The minimum absolute atomic E-state index is 0.439. The third kappa shape index (κ3) is 8.85. The van der Waals surface area contributed by atoms with Crippen LogP contribution in [0.1, 0.15) is 11.1 Å². The predicted octanol–water partition coefficient (Wildman–Crippen LogP) is 6.39. The molecular formula is C33H37NO6. The largest absolute Gasteiger partial charge is 0.497 e. The second kappa shape index (κ2) is 15.3. The summed E-state index contributed by atoms with van der Waals surface area (Å²) in [6.45, 7) is 3.22. The molecule has 0 spiro atoms. The Morgan fingerprint density at radius 1 is 0.475 bits per heavy atom. The summed E-state index contributed by atoms with van der Waals surface area (Å²) in [4.78, 5) is 2.31. The van der Waals surface area contributed by atoms with Gasteiger partial charge >= 0.3 is 0 Å². The third-order valence-corrected chi connectivity index (χ3v) is 6.23. The molecule has 0 heterocycles. The van der Waals surface area contributed by atoms with Gasteiger partial charge in [0.2, 0.25) is 0 Å². The van der Waals surface area contributed by atoms with Crippen molar-refractivity contribution in [2.45, 2.75) is 13.1 Å². The molecule has 0 aromatic heterocycles. The lowest BCUT2D eigenvalue weighted by Gasteiger charge is -2.26. The van der Waals surface area contributed by atoms with Gasteiger partial charge in [-0.2, -0.15) is 0 Å². The Balaban J connectivity index is 1.33. The fraction of sp³-hybridized carbons (Fsp3) is 0.273. The highest BCUT2D eigenvalue weighted by Crippen LogP contribution is 2.27. The Hall–Kier alpha value is -4.36. The molecule has 0 radical (unpaired) electrons. The van der Waals surface area contributed by atoms with E-state index < -0.39 is 0 Å². The lowest BCUT2D eigenvalue weighted by molar-refractivity contribution is 0.0764. The summed E-state index contributed by atoms with van der Waals surface area (Å²) >= 11 is 0. The van der Waals surface area contributed by atoms with Crippen LogP contribution in [0.3, 0.4) is 0 Å². The molecular weight excluding hydrogens is 506 g/mol. The van der Waals surface area contributed by atoms with E-state index in [2.05, 4.69) is 41.3 Å². The van der Waals surface area contributed by atoms with Gasteiger partial charge in [0.05, 0.1) is 34.5 Å². The molecule has 4 rings (SSSR count). The highest BCUT2D eigenvalue weighted by Gasteiger charge is 2.11. The van der Waals surface area contributed by atoms with Crippen molar-refractivity contribution < 1.29 is 28.4 Å². The van der Waals surface area contributed by atoms with Gasteiger partial charge in [-0.3, -0.25) is 0 Å². The zero-order valence-electron chi connectivity index (χ0n) is 23.4. The van der Waals surface area contributed by atoms with E-state index in [1.54, 1.807) is 21.3 Å². The molecule has 0 unspecified atom stereocenters.